The van der Waals surface area contributed by atoms with Crippen molar-refractivity contribution in [1.29, 1.82) is 0 Å². The monoisotopic (exact) mass is 231 g/mol. The molecule has 0 aromatic heterocycles. The molecule has 2 heteroatoms. The minimum atomic E-state index is -1.31. The van der Waals surface area contributed by atoms with Gasteiger partial charge in [0.25, 0.3) is 0 Å². The van der Waals surface area contributed by atoms with Gasteiger partial charge in [0.05, 0.1) is 0 Å². The molecule has 1 rings (SSSR count). The van der Waals surface area contributed by atoms with Gasteiger partial charge in [0, 0.05) is 11.3 Å². The van der Waals surface area contributed by atoms with E-state index in [1.807, 2.05) is 24.3 Å². The van der Waals surface area contributed by atoms with Crippen molar-refractivity contribution in [2.75, 3.05) is 5.73 Å². The van der Waals surface area contributed by atoms with Gasteiger partial charge in [0.1, 0.15) is 8.07 Å². The predicted molar refractivity (Wildman–Crippen MR) is 74.9 cm³/mol. The van der Waals surface area contributed by atoms with Crippen LogP contribution >= 0.6 is 0 Å². The van der Waals surface area contributed by atoms with E-state index in [1.165, 1.54) is 18.1 Å². The Morgan fingerprint density at radius 1 is 1.00 bits per heavy atom. The van der Waals surface area contributed by atoms with Gasteiger partial charge in [-0.25, -0.2) is 0 Å². The highest BCUT2D eigenvalue weighted by Crippen LogP contribution is 2.19. The summed E-state index contributed by atoms with van der Waals surface area (Å²) in [5, 5.41) is 0. The summed E-state index contributed by atoms with van der Waals surface area (Å²) >= 11 is 0. The van der Waals surface area contributed by atoms with E-state index in [0.29, 0.717) is 0 Å². The predicted octanol–water partition coefficient (Wildman–Crippen LogP) is 3.67. The second-order valence-corrected chi connectivity index (χ2v) is 9.14. The van der Waals surface area contributed by atoms with Crippen LogP contribution in [0.1, 0.15) is 26.3 Å². The van der Waals surface area contributed by atoms with Gasteiger partial charge in [0.2, 0.25) is 0 Å². The van der Waals surface area contributed by atoms with Gasteiger partial charge in [-0.2, -0.15) is 0 Å². The van der Waals surface area contributed by atoms with Crippen molar-refractivity contribution in [3.05, 3.63) is 29.8 Å². The Labute approximate surface area is 100 Å². The maximum absolute atomic E-state index is 5.65. The zero-order chi connectivity index (χ0) is 12.0. The molecule has 0 spiro atoms. The zero-order valence-corrected chi connectivity index (χ0v) is 11.5. The van der Waals surface area contributed by atoms with Crippen molar-refractivity contribution in [2.45, 2.75) is 38.9 Å². The zero-order valence-electron chi connectivity index (χ0n) is 10.5. The van der Waals surface area contributed by atoms with E-state index in [0.717, 1.165) is 11.3 Å². The van der Waals surface area contributed by atoms with Gasteiger partial charge in [-0.05, 0) is 42.4 Å². The van der Waals surface area contributed by atoms with Gasteiger partial charge in [-0.1, -0.05) is 26.7 Å². The summed E-state index contributed by atoms with van der Waals surface area (Å²) in [6.45, 7) is 6.82. The van der Waals surface area contributed by atoms with Crippen LogP contribution in [0, 0.1) is 11.5 Å². The largest absolute Gasteiger partial charge is 0.399 e. The topological polar surface area (TPSA) is 26.0 Å². The lowest BCUT2D eigenvalue weighted by molar-refractivity contribution is 1.20. The number of anilines is 1. The van der Waals surface area contributed by atoms with Crippen molar-refractivity contribution >= 4 is 13.8 Å². The Bertz CT molecular complexity index is 371. The molecule has 2 N–H and O–H groups in total. The van der Waals surface area contributed by atoms with Crippen LogP contribution in [0.3, 0.4) is 0 Å². The van der Waals surface area contributed by atoms with Gasteiger partial charge in [-0.15, -0.1) is 5.54 Å². The molecule has 0 aliphatic rings. The van der Waals surface area contributed by atoms with E-state index in [1.54, 1.807) is 0 Å². The van der Waals surface area contributed by atoms with Crippen molar-refractivity contribution in [2.24, 2.45) is 0 Å². The first-order valence-electron chi connectivity index (χ1n) is 6.04. The molecule has 0 bridgehead atoms. The number of nitrogens with two attached hydrogens (primary N) is 1. The first-order chi connectivity index (χ1) is 7.65. The smallest absolute Gasteiger partial charge is 0.138 e. The summed E-state index contributed by atoms with van der Waals surface area (Å²) in [7, 11) is -1.31. The first kappa shape index (κ1) is 12.9. The Balaban J connectivity index is 2.90. The minimum Gasteiger partial charge on any atom is -0.399 e. The van der Waals surface area contributed by atoms with Crippen molar-refractivity contribution in [3.63, 3.8) is 0 Å². The molecule has 16 heavy (non-hydrogen) atoms. The quantitative estimate of drug-likeness (QED) is 0.479. The molecule has 0 heterocycles. The number of hydrogen-bond donors (Lipinski definition) is 1. The highest BCUT2D eigenvalue weighted by Gasteiger charge is 2.23. The Morgan fingerprint density at radius 2 is 1.50 bits per heavy atom. The van der Waals surface area contributed by atoms with Crippen LogP contribution in [0.15, 0.2) is 24.3 Å². The summed E-state index contributed by atoms with van der Waals surface area (Å²) in [6, 6.07) is 11.6. The molecule has 0 aliphatic carbocycles. The van der Waals surface area contributed by atoms with Gasteiger partial charge < -0.3 is 5.73 Å². The summed E-state index contributed by atoms with van der Waals surface area (Å²) in [6.07, 6.45) is 0. The van der Waals surface area contributed by atoms with Gasteiger partial charge in [-0.3, -0.25) is 0 Å². The van der Waals surface area contributed by atoms with E-state index < -0.39 is 8.07 Å². The summed E-state index contributed by atoms with van der Waals surface area (Å²) < 4.78 is 0. The SMILES string of the molecule is CC[Si](C#Cc1ccc(N)cc1)(CC)CC. The molecule has 0 aliphatic heterocycles. The van der Waals surface area contributed by atoms with E-state index in [9.17, 15) is 0 Å². The number of nitrogen functional groups attached to an aromatic ring is 1. The fourth-order valence-corrected chi connectivity index (χ4v) is 4.23. The maximum Gasteiger partial charge on any atom is 0.138 e. The van der Waals surface area contributed by atoms with Crippen LogP contribution < -0.4 is 5.73 Å². The van der Waals surface area contributed by atoms with Crippen molar-refractivity contribution < 1.29 is 0 Å². The van der Waals surface area contributed by atoms with Crippen molar-refractivity contribution in [1.82, 2.24) is 0 Å². The third-order valence-electron chi connectivity index (χ3n) is 3.41. The lowest BCUT2D eigenvalue weighted by Gasteiger charge is -2.19. The lowest BCUT2D eigenvalue weighted by Crippen LogP contribution is -2.29. The highest BCUT2D eigenvalue weighted by molar-refractivity contribution is 6.87. The molecule has 1 nitrogen and oxygen atoms in total. The van der Waals surface area contributed by atoms with Gasteiger partial charge in [0.15, 0.2) is 0 Å². The molecule has 0 fully saturated rings. The number of rotatable bonds is 3. The molecule has 0 saturated heterocycles. The van der Waals surface area contributed by atoms with E-state index in [-0.39, 0.29) is 0 Å². The molecule has 1 aromatic carbocycles. The molecule has 86 valence electrons. The molecular weight excluding hydrogens is 210 g/mol. The normalized spacial score (nSPS) is 10.7. The maximum atomic E-state index is 5.65. The fraction of sp³-hybridized carbons (Fsp3) is 0.429. The Hall–Kier alpha value is -1.20. The Morgan fingerprint density at radius 3 is 1.94 bits per heavy atom. The van der Waals surface area contributed by atoms with Crippen LogP contribution in [0.5, 0.6) is 0 Å². The number of hydrogen-bond acceptors (Lipinski definition) is 1. The van der Waals surface area contributed by atoms with Crippen LogP contribution in [0.4, 0.5) is 5.69 Å². The second kappa shape index (κ2) is 5.76. The van der Waals surface area contributed by atoms with Crippen molar-refractivity contribution in [3.8, 4) is 11.5 Å². The van der Waals surface area contributed by atoms with Crippen LogP contribution in [-0.2, 0) is 0 Å². The van der Waals surface area contributed by atoms with E-state index in [2.05, 4.69) is 32.2 Å². The van der Waals surface area contributed by atoms with E-state index in [4.69, 9.17) is 5.73 Å². The third-order valence-corrected chi connectivity index (χ3v) is 8.13. The standard InChI is InChI=1S/C14H21NSi/c1-4-16(5-2,6-3)12-11-13-7-9-14(15)10-8-13/h7-10H,4-6,15H2,1-3H3. The van der Waals surface area contributed by atoms with Gasteiger partial charge >= 0.3 is 0 Å². The van der Waals surface area contributed by atoms with Crippen LogP contribution in [0.25, 0.3) is 0 Å². The lowest BCUT2D eigenvalue weighted by atomic mass is 10.2. The first-order valence-corrected chi connectivity index (χ1v) is 8.66. The minimum absolute atomic E-state index is 0.801. The molecule has 0 radical (unpaired) electrons. The Kier molecular flexibility index (Phi) is 4.64. The summed E-state index contributed by atoms with van der Waals surface area (Å²) in [5.41, 5.74) is 11.1. The molecule has 0 amide bonds. The third kappa shape index (κ3) is 3.14. The summed E-state index contributed by atoms with van der Waals surface area (Å²) in [4.78, 5) is 0. The average molecular weight is 231 g/mol. The number of benzene rings is 1. The molecular formula is C14H21NSi. The molecule has 0 atom stereocenters. The second-order valence-electron chi connectivity index (χ2n) is 4.21. The summed E-state index contributed by atoms with van der Waals surface area (Å²) in [5.74, 6) is 3.32. The average Bonchev–Trinajstić information content (AvgIpc) is 2.34. The van der Waals surface area contributed by atoms with Crippen LogP contribution in [0.2, 0.25) is 18.1 Å². The fourth-order valence-electron chi connectivity index (χ4n) is 1.79. The van der Waals surface area contributed by atoms with Crippen LogP contribution in [-0.4, -0.2) is 8.07 Å². The molecule has 0 unspecified atom stereocenters. The van der Waals surface area contributed by atoms with E-state index >= 15 is 0 Å². The molecule has 1 aromatic rings. The highest BCUT2D eigenvalue weighted by atomic mass is 28.3. The molecule has 0 saturated carbocycles.